The van der Waals surface area contributed by atoms with Crippen molar-refractivity contribution in [3.8, 4) is 0 Å². The number of carbonyl (C=O) groups excluding carboxylic acids is 1. The number of rotatable bonds is 1. The summed E-state index contributed by atoms with van der Waals surface area (Å²) in [7, 11) is 0. The van der Waals surface area contributed by atoms with Gasteiger partial charge in [0.1, 0.15) is 5.60 Å². The standard InChI is InChI=1S/C13H20N2O4/c1-8(2)15-10(16)9(3)7-14(11(15)17)12(18)19-13(4,5)6/h7-8H,1-6H3. The normalized spacial score (nSPS) is 11.7. The van der Waals surface area contributed by atoms with Gasteiger partial charge in [0.05, 0.1) is 0 Å². The lowest BCUT2D eigenvalue weighted by Gasteiger charge is -2.20. The minimum atomic E-state index is -0.782. The number of carbonyl (C=O) groups is 1. The van der Waals surface area contributed by atoms with Gasteiger partial charge in [0.15, 0.2) is 0 Å². The van der Waals surface area contributed by atoms with Crippen LogP contribution < -0.4 is 11.2 Å². The predicted molar refractivity (Wildman–Crippen MR) is 71.7 cm³/mol. The summed E-state index contributed by atoms with van der Waals surface area (Å²) in [5.74, 6) is 0. The Hall–Kier alpha value is -1.85. The molecule has 0 saturated carbocycles. The lowest BCUT2D eigenvalue weighted by Crippen LogP contribution is -2.45. The average Bonchev–Trinajstić information content (AvgIpc) is 2.20. The molecule has 19 heavy (non-hydrogen) atoms. The zero-order chi connectivity index (χ0) is 15.0. The first-order valence-corrected chi connectivity index (χ1v) is 6.12. The minimum absolute atomic E-state index is 0.319. The molecule has 0 saturated heterocycles. The molecule has 0 radical (unpaired) electrons. The molecule has 106 valence electrons. The molecular weight excluding hydrogens is 248 g/mol. The van der Waals surface area contributed by atoms with Crippen molar-refractivity contribution in [1.82, 2.24) is 9.13 Å². The molecule has 6 heteroatoms. The highest BCUT2D eigenvalue weighted by atomic mass is 16.6. The van der Waals surface area contributed by atoms with Gasteiger partial charge in [-0.05, 0) is 41.5 Å². The summed E-state index contributed by atoms with van der Waals surface area (Å²) in [5.41, 5.74) is -1.46. The minimum Gasteiger partial charge on any atom is -0.443 e. The summed E-state index contributed by atoms with van der Waals surface area (Å²) in [5, 5.41) is 0. The van der Waals surface area contributed by atoms with E-state index in [2.05, 4.69) is 0 Å². The fourth-order valence-corrected chi connectivity index (χ4v) is 1.59. The van der Waals surface area contributed by atoms with Crippen molar-refractivity contribution >= 4 is 6.09 Å². The van der Waals surface area contributed by atoms with Crippen LogP contribution in [0.5, 0.6) is 0 Å². The van der Waals surface area contributed by atoms with Crippen LogP contribution in [0.4, 0.5) is 4.79 Å². The maximum absolute atomic E-state index is 12.1. The van der Waals surface area contributed by atoms with Crippen molar-refractivity contribution in [2.75, 3.05) is 0 Å². The molecule has 1 aromatic heterocycles. The summed E-state index contributed by atoms with van der Waals surface area (Å²) >= 11 is 0. The van der Waals surface area contributed by atoms with Gasteiger partial charge in [0, 0.05) is 17.8 Å². The summed E-state index contributed by atoms with van der Waals surface area (Å²) in [6.45, 7) is 10.1. The van der Waals surface area contributed by atoms with Crippen LogP contribution in [0, 0.1) is 6.92 Å². The largest absolute Gasteiger partial charge is 0.443 e. The molecule has 0 atom stereocenters. The van der Waals surface area contributed by atoms with Gasteiger partial charge in [-0.25, -0.2) is 14.2 Å². The van der Waals surface area contributed by atoms with E-state index < -0.39 is 17.4 Å². The van der Waals surface area contributed by atoms with Crippen molar-refractivity contribution < 1.29 is 9.53 Å². The number of hydrogen-bond acceptors (Lipinski definition) is 4. The Bertz CT molecular complexity index is 603. The lowest BCUT2D eigenvalue weighted by molar-refractivity contribution is 0.0524. The zero-order valence-electron chi connectivity index (χ0n) is 12.2. The van der Waals surface area contributed by atoms with Gasteiger partial charge in [0.2, 0.25) is 0 Å². The van der Waals surface area contributed by atoms with E-state index in [9.17, 15) is 14.4 Å². The number of aromatic nitrogens is 2. The van der Waals surface area contributed by atoms with E-state index in [-0.39, 0.29) is 11.6 Å². The van der Waals surface area contributed by atoms with Gasteiger partial charge in [-0.15, -0.1) is 0 Å². The average molecular weight is 268 g/mol. The first-order valence-electron chi connectivity index (χ1n) is 6.12. The molecule has 1 heterocycles. The highest BCUT2D eigenvalue weighted by Crippen LogP contribution is 2.08. The summed E-state index contributed by atoms with van der Waals surface area (Å²) < 4.78 is 7.02. The molecular formula is C13H20N2O4. The van der Waals surface area contributed by atoms with E-state index in [1.54, 1.807) is 41.5 Å². The third-order valence-corrected chi connectivity index (χ3v) is 2.40. The van der Waals surface area contributed by atoms with Crippen LogP contribution >= 0.6 is 0 Å². The van der Waals surface area contributed by atoms with Crippen LogP contribution in [0.3, 0.4) is 0 Å². The molecule has 0 aliphatic rings. The molecule has 0 fully saturated rings. The van der Waals surface area contributed by atoms with Crippen LogP contribution in [-0.2, 0) is 4.74 Å². The number of hydrogen-bond donors (Lipinski definition) is 0. The van der Waals surface area contributed by atoms with Crippen LogP contribution in [0.2, 0.25) is 0 Å². The summed E-state index contributed by atoms with van der Waals surface area (Å²) in [4.78, 5) is 36.0. The summed E-state index contributed by atoms with van der Waals surface area (Å²) in [6.07, 6.45) is 0.437. The molecule has 0 aromatic carbocycles. The number of nitrogens with zero attached hydrogens (tertiary/aromatic N) is 2. The molecule has 6 nitrogen and oxygen atoms in total. The van der Waals surface area contributed by atoms with Gasteiger partial charge in [-0.3, -0.25) is 9.36 Å². The molecule has 0 amide bonds. The van der Waals surface area contributed by atoms with Gasteiger partial charge >= 0.3 is 11.8 Å². The second-order valence-electron chi connectivity index (χ2n) is 5.71. The summed E-state index contributed by atoms with van der Waals surface area (Å²) in [6, 6.07) is -0.325. The molecule has 1 rings (SSSR count). The van der Waals surface area contributed by atoms with Crippen LogP contribution in [0.1, 0.15) is 46.2 Å². The van der Waals surface area contributed by atoms with E-state index in [1.165, 1.54) is 6.20 Å². The first-order chi connectivity index (χ1) is 8.54. The second-order valence-corrected chi connectivity index (χ2v) is 5.71. The van der Waals surface area contributed by atoms with Gasteiger partial charge in [0.25, 0.3) is 5.56 Å². The molecule has 0 spiro atoms. The SMILES string of the molecule is Cc1cn(C(=O)OC(C)(C)C)c(=O)n(C(C)C)c1=O. The van der Waals surface area contributed by atoms with Crippen molar-refractivity contribution in [1.29, 1.82) is 0 Å². The Kier molecular flexibility index (Phi) is 4.03. The van der Waals surface area contributed by atoms with Crippen molar-refractivity contribution in [3.05, 3.63) is 32.6 Å². The maximum atomic E-state index is 12.1. The van der Waals surface area contributed by atoms with E-state index in [1.807, 2.05) is 0 Å². The number of aryl methyl sites for hydroxylation is 1. The third-order valence-electron chi connectivity index (χ3n) is 2.40. The quantitative estimate of drug-likeness (QED) is 0.777. The van der Waals surface area contributed by atoms with E-state index in [4.69, 9.17) is 4.74 Å². The Balaban J connectivity index is 3.43. The van der Waals surface area contributed by atoms with Crippen molar-refractivity contribution in [2.24, 2.45) is 0 Å². The Morgan fingerprint density at radius 3 is 2.21 bits per heavy atom. The smallest absolute Gasteiger partial charge is 0.422 e. The lowest BCUT2D eigenvalue weighted by atomic mass is 10.2. The predicted octanol–water partition coefficient (Wildman–Crippen LogP) is 1.68. The zero-order valence-corrected chi connectivity index (χ0v) is 12.2. The number of ether oxygens (including phenoxy) is 1. The molecule has 0 N–H and O–H groups in total. The van der Waals surface area contributed by atoms with Gasteiger partial charge in [-0.2, -0.15) is 0 Å². The van der Waals surface area contributed by atoms with E-state index in [0.717, 1.165) is 9.13 Å². The van der Waals surface area contributed by atoms with Gasteiger partial charge in [-0.1, -0.05) is 0 Å². The Labute approximate surface area is 111 Å². The van der Waals surface area contributed by atoms with E-state index >= 15 is 0 Å². The Morgan fingerprint density at radius 1 is 1.26 bits per heavy atom. The maximum Gasteiger partial charge on any atom is 0.422 e. The highest BCUT2D eigenvalue weighted by molar-refractivity contribution is 5.70. The third kappa shape index (κ3) is 3.33. The molecule has 0 unspecified atom stereocenters. The fraction of sp³-hybridized carbons (Fsp3) is 0.615. The molecule has 0 aliphatic heterocycles. The first kappa shape index (κ1) is 15.2. The topological polar surface area (TPSA) is 70.3 Å². The van der Waals surface area contributed by atoms with Crippen LogP contribution in [0.15, 0.2) is 15.8 Å². The van der Waals surface area contributed by atoms with E-state index in [0.29, 0.717) is 5.56 Å². The van der Waals surface area contributed by atoms with Crippen molar-refractivity contribution in [3.63, 3.8) is 0 Å². The molecule has 0 bridgehead atoms. The van der Waals surface area contributed by atoms with Crippen LogP contribution in [-0.4, -0.2) is 20.8 Å². The van der Waals surface area contributed by atoms with Gasteiger partial charge < -0.3 is 4.74 Å². The van der Waals surface area contributed by atoms with Crippen molar-refractivity contribution in [2.45, 2.75) is 53.2 Å². The second kappa shape index (κ2) is 5.03. The molecule has 0 aliphatic carbocycles. The fourth-order valence-electron chi connectivity index (χ4n) is 1.59. The monoisotopic (exact) mass is 268 g/mol. The van der Waals surface area contributed by atoms with Crippen LogP contribution in [0.25, 0.3) is 0 Å². The molecule has 1 aromatic rings. The Morgan fingerprint density at radius 2 is 1.79 bits per heavy atom. The highest BCUT2D eigenvalue weighted by Gasteiger charge is 2.21.